The lowest BCUT2D eigenvalue weighted by Gasteiger charge is -2.14. The number of methoxy groups -OCH3 is 1. The number of hydrogen-bond acceptors (Lipinski definition) is 5. The number of amides is 3. The van der Waals surface area contributed by atoms with E-state index in [1.165, 1.54) is 12.0 Å². The summed E-state index contributed by atoms with van der Waals surface area (Å²) in [5.74, 6) is -1.16. The third-order valence-electron chi connectivity index (χ3n) is 4.62. The van der Waals surface area contributed by atoms with E-state index in [9.17, 15) is 19.2 Å². The zero-order valence-corrected chi connectivity index (χ0v) is 15.7. The molecule has 0 radical (unpaired) electrons. The Morgan fingerprint density at radius 3 is 2.21 bits per heavy atom. The van der Waals surface area contributed by atoms with E-state index in [2.05, 4.69) is 5.32 Å². The summed E-state index contributed by atoms with van der Waals surface area (Å²) in [6.45, 7) is 2.03. The molecule has 0 saturated carbocycles. The van der Waals surface area contributed by atoms with E-state index in [0.29, 0.717) is 16.8 Å². The molecule has 28 heavy (non-hydrogen) atoms. The highest BCUT2D eigenvalue weighted by molar-refractivity contribution is 6.05. The van der Waals surface area contributed by atoms with E-state index < -0.39 is 5.97 Å². The molecular formula is C21H20N2O5. The largest absolute Gasteiger partial charge is 0.465 e. The second-order valence-electron chi connectivity index (χ2n) is 6.55. The molecule has 1 saturated heterocycles. The molecule has 1 aliphatic rings. The van der Waals surface area contributed by atoms with Gasteiger partial charge in [0.25, 0.3) is 5.91 Å². The molecule has 7 nitrogen and oxygen atoms in total. The molecule has 0 atom stereocenters. The highest BCUT2D eigenvalue weighted by Crippen LogP contribution is 2.20. The van der Waals surface area contributed by atoms with Crippen molar-refractivity contribution in [3.8, 4) is 0 Å². The minimum atomic E-state index is -0.481. The first-order valence-corrected chi connectivity index (χ1v) is 8.81. The number of likely N-dealkylation sites (tertiary alicyclic amines) is 1. The molecule has 0 spiro atoms. The number of nitrogens with one attached hydrogen (secondary N) is 1. The predicted octanol–water partition coefficient (Wildman–Crippen LogP) is 2.68. The molecule has 1 fully saturated rings. The van der Waals surface area contributed by atoms with Gasteiger partial charge in [-0.1, -0.05) is 18.2 Å². The summed E-state index contributed by atoms with van der Waals surface area (Å²) in [5, 5.41) is 2.79. The number of rotatable bonds is 5. The van der Waals surface area contributed by atoms with E-state index in [1.807, 2.05) is 6.92 Å². The SMILES string of the molecule is COC(=O)c1ccc(C)c(NC(=O)c2ccc(CN3C(=O)CCC3=O)cc2)c1. The molecular weight excluding hydrogens is 360 g/mol. The van der Waals surface area contributed by atoms with E-state index in [4.69, 9.17) is 4.74 Å². The highest BCUT2D eigenvalue weighted by Gasteiger charge is 2.28. The van der Waals surface area contributed by atoms with Gasteiger partial charge in [-0.15, -0.1) is 0 Å². The van der Waals surface area contributed by atoms with Crippen LogP contribution in [0.2, 0.25) is 0 Å². The monoisotopic (exact) mass is 380 g/mol. The number of hydrogen-bond donors (Lipinski definition) is 1. The fourth-order valence-corrected chi connectivity index (χ4v) is 2.94. The quantitative estimate of drug-likeness (QED) is 0.636. The van der Waals surface area contributed by atoms with Gasteiger partial charge < -0.3 is 10.1 Å². The van der Waals surface area contributed by atoms with Crippen LogP contribution in [-0.4, -0.2) is 35.7 Å². The molecule has 2 aromatic carbocycles. The Labute approximate surface area is 162 Å². The summed E-state index contributed by atoms with van der Waals surface area (Å²) in [6.07, 6.45) is 0.507. The first-order valence-electron chi connectivity index (χ1n) is 8.81. The number of benzene rings is 2. The van der Waals surface area contributed by atoms with Crippen LogP contribution in [0.3, 0.4) is 0 Å². The van der Waals surface area contributed by atoms with Gasteiger partial charge in [-0.2, -0.15) is 0 Å². The summed E-state index contributed by atoms with van der Waals surface area (Å²) in [4.78, 5) is 48.8. The van der Waals surface area contributed by atoms with Crippen LogP contribution >= 0.6 is 0 Å². The Balaban J connectivity index is 1.71. The smallest absolute Gasteiger partial charge is 0.337 e. The maximum absolute atomic E-state index is 12.5. The number of aryl methyl sites for hydroxylation is 1. The van der Waals surface area contributed by atoms with Gasteiger partial charge in [-0.25, -0.2) is 4.79 Å². The van der Waals surface area contributed by atoms with Gasteiger partial charge in [0.1, 0.15) is 0 Å². The zero-order chi connectivity index (χ0) is 20.3. The lowest BCUT2D eigenvalue weighted by atomic mass is 10.1. The molecule has 0 aromatic heterocycles. The number of ether oxygens (including phenoxy) is 1. The van der Waals surface area contributed by atoms with Crippen molar-refractivity contribution in [2.24, 2.45) is 0 Å². The molecule has 0 aliphatic carbocycles. The number of esters is 1. The lowest BCUT2D eigenvalue weighted by molar-refractivity contribution is -0.139. The minimum absolute atomic E-state index is 0.173. The van der Waals surface area contributed by atoms with E-state index in [-0.39, 0.29) is 37.1 Å². The van der Waals surface area contributed by atoms with Crippen LogP contribution in [0.4, 0.5) is 5.69 Å². The van der Waals surface area contributed by atoms with Crippen molar-refractivity contribution in [3.05, 3.63) is 64.7 Å². The van der Waals surface area contributed by atoms with E-state index in [1.54, 1.807) is 42.5 Å². The van der Waals surface area contributed by atoms with Crippen LogP contribution in [0.5, 0.6) is 0 Å². The second kappa shape index (κ2) is 8.04. The second-order valence-corrected chi connectivity index (χ2v) is 6.55. The molecule has 7 heteroatoms. The molecule has 0 bridgehead atoms. The number of anilines is 1. The van der Waals surface area contributed by atoms with Crippen LogP contribution in [0.1, 0.15) is 44.7 Å². The maximum Gasteiger partial charge on any atom is 0.337 e. The summed E-state index contributed by atoms with van der Waals surface area (Å²) in [7, 11) is 1.30. The number of nitrogens with zero attached hydrogens (tertiary/aromatic N) is 1. The summed E-state index contributed by atoms with van der Waals surface area (Å²) < 4.78 is 4.70. The third kappa shape index (κ3) is 4.09. The third-order valence-corrected chi connectivity index (χ3v) is 4.62. The van der Waals surface area contributed by atoms with Gasteiger partial charge in [0.2, 0.25) is 11.8 Å². The van der Waals surface area contributed by atoms with Crippen LogP contribution in [0.15, 0.2) is 42.5 Å². The minimum Gasteiger partial charge on any atom is -0.465 e. The Hall–Kier alpha value is -3.48. The molecule has 144 valence electrons. The Kier molecular flexibility index (Phi) is 5.54. The molecule has 3 rings (SSSR count). The Morgan fingerprint density at radius 1 is 1.00 bits per heavy atom. The fraction of sp³-hybridized carbons (Fsp3) is 0.238. The van der Waals surface area contributed by atoms with E-state index >= 15 is 0 Å². The van der Waals surface area contributed by atoms with Crippen molar-refractivity contribution < 1.29 is 23.9 Å². The van der Waals surface area contributed by atoms with Crippen molar-refractivity contribution in [1.82, 2.24) is 4.90 Å². The summed E-state index contributed by atoms with van der Waals surface area (Å²) in [6, 6.07) is 11.6. The number of carbonyl (C=O) groups excluding carboxylic acids is 4. The van der Waals surface area contributed by atoms with Gasteiger partial charge >= 0.3 is 5.97 Å². The van der Waals surface area contributed by atoms with Crippen LogP contribution in [0.25, 0.3) is 0 Å². The molecule has 3 amide bonds. The predicted molar refractivity (Wildman–Crippen MR) is 102 cm³/mol. The molecule has 1 aliphatic heterocycles. The summed E-state index contributed by atoms with van der Waals surface area (Å²) in [5.41, 5.74) is 2.86. The normalized spacial score (nSPS) is 13.6. The summed E-state index contributed by atoms with van der Waals surface area (Å²) >= 11 is 0. The van der Waals surface area contributed by atoms with Crippen molar-refractivity contribution in [3.63, 3.8) is 0 Å². The molecule has 1 N–H and O–H groups in total. The Bertz CT molecular complexity index is 934. The lowest BCUT2D eigenvalue weighted by Crippen LogP contribution is -2.28. The zero-order valence-electron chi connectivity index (χ0n) is 15.7. The van der Waals surface area contributed by atoms with Gasteiger partial charge in [0.15, 0.2) is 0 Å². The van der Waals surface area contributed by atoms with Crippen LogP contribution in [-0.2, 0) is 20.9 Å². The van der Waals surface area contributed by atoms with Crippen LogP contribution < -0.4 is 5.32 Å². The average molecular weight is 380 g/mol. The standard InChI is InChI=1S/C21H20N2O5/c1-13-3-6-16(21(27)28-2)11-17(13)22-20(26)15-7-4-14(5-8-15)12-23-18(24)9-10-19(23)25/h3-8,11H,9-10,12H2,1-2H3,(H,22,26). The Morgan fingerprint density at radius 2 is 1.61 bits per heavy atom. The van der Waals surface area contributed by atoms with E-state index in [0.717, 1.165) is 11.1 Å². The van der Waals surface area contributed by atoms with Gasteiger partial charge in [0, 0.05) is 24.1 Å². The van der Waals surface area contributed by atoms with Gasteiger partial charge in [-0.05, 0) is 42.3 Å². The maximum atomic E-state index is 12.5. The molecule has 1 heterocycles. The van der Waals surface area contributed by atoms with Gasteiger partial charge in [0.05, 0.1) is 19.2 Å². The van der Waals surface area contributed by atoms with Crippen molar-refractivity contribution >= 4 is 29.4 Å². The molecule has 0 unspecified atom stereocenters. The van der Waals surface area contributed by atoms with Crippen LogP contribution in [0, 0.1) is 6.92 Å². The van der Waals surface area contributed by atoms with Crippen molar-refractivity contribution in [2.75, 3.05) is 12.4 Å². The highest BCUT2D eigenvalue weighted by atomic mass is 16.5. The number of imide groups is 1. The van der Waals surface area contributed by atoms with Gasteiger partial charge in [-0.3, -0.25) is 19.3 Å². The first kappa shape index (κ1) is 19.3. The molecule has 2 aromatic rings. The average Bonchev–Trinajstić information content (AvgIpc) is 3.01. The fourth-order valence-electron chi connectivity index (χ4n) is 2.94. The number of carbonyl (C=O) groups is 4. The first-order chi connectivity index (χ1) is 13.4. The van der Waals surface area contributed by atoms with Crippen molar-refractivity contribution in [1.29, 1.82) is 0 Å². The topological polar surface area (TPSA) is 92.8 Å². The van der Waals surface area contributed by atoms with Crippen molar-refractivity contribution in [2.45, 2.75) is 26.3 Å².